The van der Waals surface area contributed by atoms with Crippen molar-refractivity contribution in [2.75, 3.05) is 13.1 Å². The van der Waals surface area contributed by atoms with Gasteiger partial charge in [0.2, 0.25) is 5.91 Å². The minimum absolute atomic E-state index is 0.00688. The van der Waals surface area contributed by atoms with Crippen LogP contribution in [0.5, 0.6) is 0 Å². The summed E-state index contributed by atoms with van der Waals surface area (Å²) in [6, 6.07) is 9.28. The maximum Gasteiger partial charge on any atom is 0.453 e. The van der Waals surface area contributed by atoms with E-state index in [4.69, 9.17) is 0 Å². The molecule has 1 N–H and O–H groups in total. The molecule has 0 saturated carbocycles. The van der Waals surface area contributed by atoms with Crippen molar-refractivity contribution < 1.29 is 18.0 Å². The minimum Gasteiger partial charge on any atom is -0.351 e. The summed E-state index contributed by atoms with van der Waals surface area (Å²) in [6.45, 7) is 3.90. The molecule has 0 bridgehead atoms. The SMILES string of the molecule is CC[C@H]1CCCCN1CC(=O)NCc1ccc(-c2ccnc3nc(C(F)(F)F)nn23)cc1. The fourth-order valence-electron chi connectivity index (χ4n) is 4.10. The Bertz CT molecular complexity index is 1080. The Kier molecular flexibility index (Phi) is 6.40. The van der Waals surface area contributed by atoms with Gasteiger partial charge in [-0.3, -0.25) is 9.69 Å². The van der Waals surface area contributed by atoms with Gasteiger partial charge in [0.05, 0.1) is 12.2 Å². The normalized spacial score (nSPS) is 17.6. The number of rotatable bonds is 6. The Morgan fingerprint density at radius 2 is 1.97 bits per heavy atom. The molecule has 7 nitrogen and oxygen atoms in total. The van der Waals surface area contributed by atoms with Crippen molar-refractivity contribution in [2.45, 2.75) is 51.4 Å². The number of hydrogen-bond acceptors (Lipinski definition) is 5. The number of nitrogens with zero attached hydrogens (tertiary/aromatic N) is 5. The molecule has 1 aromatic carbocycles. The number of aromatic nitrogens is 4. The molecular weight excluding hydrogens is 421 g/mol. The second-order valence-electron chi connectivity index (χ2n) is 7.98. The fourth-order valence-corrected chi connectivity index (χ4v) is 4.10. The van der Waals surface area contributed by atoms with Gasteiger partial charge in [-0.05, 0) is 37.4 Å². The molecule has 1 saturated heterocycles. The topological polar surface area (TPSA) is 75.4 Å². The molecule has 0 aliphatic carbocycles. The van der Waals surface area contributed by atoms with Crippen molar-refractivity contribution in [3.05, 3.63) is 47.9 Å². The summed E-state index contributed by atoms with van der Waals surface area (Å²) in [5.41, 5.74) is 2.02. The first kappa shape index (κ1) is 22.2. The zero-order valence-electron chi connectivity index (χ0n) is 17.8. The summed E-state index contributed by atoms with van der Waals surface area (Å²) in [6.07, 6.45) is 1.30. The van der Waals surface area contributed by atoms with Crippen LogP contribution < -0.4 is 5.32 Å². The molecule has 0 spiro atoms. The number of fused-ring (bicyclic) bond motifs is 1. The van der Waals surface area contributed by atoms with E-state index in [1.165, 1.54) is 12.6 Å². The van der Waals surface area contributed by atoms with E-state index in [1.54, 1.807) is 18.2 Å². The number of amides is 1. The lowest BCUT2D eigenvalue weighted by atomic mass is 10.00. The molecule has 32 heavy (non-hydrogen) atoms. The monoisotopic (exact) mass is 446 g/mol. The maximum absolute atomic E-state index is 12.9. The highest BCUT2D eigenvalue weighted by Gasteiger charge is 2.36. The highest BCUT2D eigenvalue weighted by Crippen LogP contribution is 2.28. The highest BCUT2D eigenvalue weighted by molar-refractivity contribution is 5.78. The summed E-state index contributed by atoms with van der Waals surface area (Å²) in [4.78, 5) is 22.0. The first-order chi connectivity index (χ1) is 15.3. The van der Waals surface area contributed by atoms with Crippen molar-refractivity contribution in [3.8, 4) is 11.3 Å². The molecule has 4 rings (SSSR count). The second kappa shape index (κ2) is 9.23. The minimum atomic E-state index is -4.64. The van der Waals surface area contributed by atoms with Gasteiger partial charge in [-0.2, -0.15) is 22.7 Å². The molecule has 170 valence electrons. The summed E-state index contributed by atoms with van der Waals surface area (Å²) < 4.78 is 39.9. The fraction of sp³-hybridized carbons (Fsp3) is 0.455. The van der Waals surface area contributed by atoms with E-state index >= 15 is 0 Å². The molecule has 1 atom stereocenters. The van der Waals surface area contributed by atoms with Crippen LogP contribution in [-0.2, 0) is 17.5 Å². The molecule has 1 fully saturated rings. The summed E-state index contributed by atoms with van der Waals surface area (Å²) >= 11 is 0. The molecule has 3 aromatic rings. The molecule has 10 heteroatoms. The number of halogens is 3. The Balaban J connectivity index is 1.41. The third-order valence-corrected chi connectivity index (χ3v) is 5.80. The van der Waals surface area contributed by atoms with Gasteiger partial charge in [-0.1, -0.05) is 37.6 Å². The molecule has 1 aliphatic rings. The van der Waals surface area contributed by atoms with E-state index in [-0.39, 0.29) is 11.7 Å². The van der Waals surface area contributed by atoms with E-state index in [1.807, 2.05) is 12.1 Å². The first-order valence-corrected chi connectivity index (χ1v) is 10.7. The van der Waals surface area contributed by atoms with Crippen molar-refractivity contribution in [3.63, 3.8) is 0 Å². The van der Waals surface area contributed by atoms with Crippen molar-refractivity contribution in [2.24, 2.45) is 0 Å². The molecular formula is C22H25F3N6O. The van der Waals surface area contributed by atoms with Crippen LogP contribution in [0, 0.1) is 0 Å². The van der Waals surface area contributed by atoms with E-state index in [2.05, 4.69) is 32.2 Å². The molecule has 1 aliphatic heterocycles. The smallest absolute Gasteiger partial charge is 0.351 e. The van der Waals surface area contributed by atoms with Gasteiger partial charge in [-0.25, -0.2) is 4.98 Å². The third-order valence-electron chi connectivity index (χ3n) is 5.80. The Morgan fingerprint density at radius 3 is 2.69 bits per heavy atom. The van der Waals surface area contributed by atoms with Crippen LogP contribution in [0.3, 0.4) is 0 Å². The Labute approximate surface area is 183 Å². The number of benzene rings is 1. The number of carbonyl (C=O) groups excluding carboxylic acids is 1. The molecule has 0 radical (unpaired) electrons. The molecule has 2 aromatic heterocycles. The van der Waals surface area contributed by atoms with Crippen molar-refractivity contribution >= 4 is 11.7 Å². The number of likely N-dealkylation sites (tertiary alicyclic amines) is 1. The maximum atomic E-state index is 12.9. The standard InChI is InChI=1S/C22H25F3N6O/c1-2-17-5-3-4-12-30(17)14-19(32)27-13-15-6-8-16(9-7-15)18-10-11-26-21-28-20(22(23,24)25)29-31(18)21/h6-11,17H,2-5,12-14H2,1H3,(H,27,32)/t17-/m0/s1. The number of carbonyl (C=O) groups is 1. The lowest BCUT2D eigenvalue weighted by Crippen LogP contribution is -2.45. The van der Waals surface area contributed by atoms with Crippen LogP contribution in [0.1, 0.15) is 44.0 Å². The average molecular weight is 446 g/mol. The predicted molar refractivity (Wildman–Crippen MR) is 113 cm³/mol. The molecule has 3 heterocycles. The number of alkyl halides is 3. The molecule has 1 amide bonds. The molecule has 0 unspecified atom stereocenters. The van der Waals surface area contributed by atoms with Gasteiger partial charge in [-0.15, -0.1) is 5.10 Å². The van der Waals surface area contributed by atoms with E-state index in [0.717, 1.165) is 35.9 Å². The third kappa shape index (κ3) is 4.90. The van der Waals surface area contributed by atoms with Crippen LogP contribution in [0.4, 0.5) is 13.2 Å². The highest BCUT2D eigenvalue weighted by atomic mass is 19.4. The predicted octanol–water partition coefficient (Wildman–Crippen LogP) is 3.69. The van der Waals surface area contributed by atoms with E-state index < -0.39 is 12.0 Å². The lowest BCUT2D eigenvalue weighted by Gasteiger charge is -2.34. The van der Waals surface area contributed by atoms with Crippen LogP contribution in [0.15, 0.2) is 36.5 Å². The van der Waals surface area contributed by atoms with Gasteiger partial charge >= 0.3 is 6.18 Å². The van der Waals surface area contributed by atoms with E-state index in [9.17, 15) is 18.0 Å². The lowest BCUT2D eigenvalue weighted by molar-refractivity contribution is -0.144. The largest absolute Gasteiger partial charge is 0.453 e. The van der Waals surface area contributed by atoms with Gasteiger partial charge < -0.3 is 5.32 Å². The zero-order valence-corrected chi connectivity index (χ0v) is 17.8. The van der Waals surface area contributed by atoms with E-state index in [0.29, 0.717) is 30.4 Å². The van der Waals surface area contributed by atoms with Crippen molar-refractivity contribution in [1.29, 1.82) is 0 Å². The summed E-state index contributed by atoms with van der Waals surface area (Å²) in [5, 5.41) is 6.52. The Morgan fingerprint density at radius 1 is 1.19 bits per heavy atom. The number of nitrogens with one attached hydrogen (secondary N) is 1. The average Bonchev–Trinajstić information content (AvgIpc) is 3.24. The number of piperidine rings is 1. The van der Waals surface area contributed by atoms with Gasteiger partial charge in [0.15, 0.2) is 0 Å². The van der Waals surface area contributed by atoms with Crippen LogP contribution >= 0.6 is 0 Å². The Hall–Kier alpha value is -3.01. The van der Waals surface area contributed by atoms with Crippen LogP contribution in [0.25, 0.3) is 17.0 Å². The van der Waals surface area contributed by atoms with Crippen LogP contribution in [-0.4, -0.2) is 49.5 Å². The van der Waals surface area contributed by atoms with Crippen LogP contribution in [0.2, 0.25) is 0 Å². The first-order valence-electron chi connectivity index (χ1n) is 10.7. The number of hydrogen-bond donors (Lipinski definition) is 1. The van der Waals surface area contributed by atoms with Gasteiger partial charge in [0.25, 0.3) is 11.6 Å². The second-order valence-corrected chi connectivity index (χ2v) is 7.98. The summed E-state index contributed by atoms with van der Waals surface area (Å²) in [7, 11) is 0. The zero-order chi connectivity index (χ0) is 22.7. The quantitative estimate of drug-likeness (QED) is 0.625. The van der Waals surface area contributed by atoms with Gasteiger partial charge in [0, 0.05) is 24.3 Å². The van der Waals surface area contributed by atoms with Gasteiger partial charge in [0.1, 0.15) is 0 Å². The summed E-state index contributed by atoms with van der Waals surface area (Å²) in [5.74, 6) is -1.35. The van der Waals surface area contributed by atoms with Crippen molar-refractivity contribution in [1.82, 2.24) is 29.8 Å².